The molecule has 0 N–H and O–H groups in total. The molecule has 0 spiro atoms. The van der Waals surface area contributed by atoms with Crippen molar-refractivity contribution in [2.75, 3.05) is 0 Å². The largest absolute Gasteiger partial charge is 0.300 e. The molecule has 0 heterocycles. The molecule has 25 heavy (non-hydrogen) atoms. The molecule has 150 valence electrons. The van der Waals surface area contributed by atoms with Crippen molar-refractivity contribution in [1.29, 1.82) is 0 Å². The molecular formula is C24H48O. The van der Waals surface area contributed by atoms with E-state index in [0.717, 1.165) is 12.8 Å². The Kier molecular flexibility index (Phi) is 19.7. The lowest BCUT2D eigenvalue weighted by Crippen LogP contribution is -2.10. The predicted molar refractivity (Wildman–Crippen MR) is 113 cm³/mol. The van der Waals surface area contributed by atoms with Crippen molar-refractivity contribution in [2.24, 2.45) is 5.92 Å². The third kappa shape index (κ3) is 18.3. The van der Waals surface area contributed by atoms with E-state index in [1.807, 2.05) is 0 Å². The second kappa shape index (κ2) is 20.0. The Labute approximate surface area is 159 Å². The van der Waals surface area contributed by atoms with Crippen LogP contribution in [0.25, 0.3) is 0 Å². The molecule has 0 saturated carbocycles. The number of Topliss-reactive ketones (excluding diaryl/α,β-unsaturated/α-hetero) is 1. The van der Waals surface area contributed by atoms with Gasteiger partial charge in [0.15, 0.2) is 0 Å². The lowest BCUT2D eigenvalue weighted by atomic mass is 9.91. The van der Waals surface area contributed by atoms with Gasteiger partial charge in [0, 0.05) is 5.92 Å². The molecule has 0 aliphatic heterocycles. The monoisotopic (exact) mass is 352 g/mol. The molecule has 0 aliphatic carbocycles. The molecule has 0 saturated heterocycles. The quantitative estimate of drug-likeness (QED) is 0.200. The highest BCUT2D eigenvalue weighted by molar-refractivity contribution is 5.78. The predicted octanol–water partition coefficient (Wildman–Crippen LogP) is 8.64. The Hall–Kier alpha value is -0.330. The number of hydrogen-bond donors (Lipinski definition) is 0. The van der Waals surface area contributed by atoms with Gasteiger partial charge in [0.1, 0.15) is 5.78 Å². The van der Waals surface area contributed by atoms with Gasteiger partial charge in [-0.2, -0.15) is 0 Å². The number of carbonyl (C=O) groups excluding carboxylic acids is 1. The topological polar surface area (TPSA) is 17.1 Å². The van der Waals surface area contributed by atoms with Crippen molar-refractivity contribution < 1.29 is 4.79 Å². The molecule has 0 aromatic rings. The Bertz CT molecular complexity index is 271. The standard InChI is InChI=1S/C24H48O/c1-4-6-8-10-11-12-13-14-15-16-18-20-22-24(23(3)25)21-19-17-9-7-5-2/h24H,4-22H2,1-3H3. The molecule has 0 bridgehead atoms. The van der Waals surface area contributed by atoms with E-state index in [4.69, 9.17) is 0 Å². The lowest BCUT2D eigenvalue weighted by Gasteiger charge is -2.13. The summed E-state index contributed by atoms with van der Waals surface area (Å²) in [6.07, 6.45) is 25.6. The van der Waals surface area contributed by atoms with Crippen LogP contribution in [-0.2, 0) is 4.79 Å². The highest BCUT2D eigenvalue weighted by Gasteiger charge is 2.13. The van der Waals surface area contributed by atoms with Gasteiger partial charge in [0.2, 0.25) is 0 Å². The highest BCUT2D eigenvalue weighted by Crippen LogP contribution is 2.20. The van der Waals surface area contributed by atoms with E-state index < -0.39 is 0 Å². The van der Waals surface area contributed by atoms with Crippen LogP contribution < -0.4 is 0 Å². The second-order valence-corrected chi connectivity index (χ2v) is 8.19. The SMILES string of the molecule is CCCCCCCCCCCCCCC(CCCCCCC)C(C)=O. The molecule has 1 heteroatoms. The maximum absolute atomic E-state index is 11.8. The van der Waals surface area contributed by atoms with E-state index in [1.54, 1.807) is 6.92 Å². The summed E-state index contributed by atoms with van der Waals surface area (Å²) in [5.41, 5.74) is 0. The van der Waals surface area contributed by atoms with Crippen molar-refractivity contribution in [3.05, 3.63) is 0 Å². The first-order valence-corrected chi connectivity index (χ1v) is 11.7. The van der Waals surface area contributed by atoms with Crippen molar-refractivity contribution in [3.63, 3.8) is 0 Å². The van der Waals surface area contributed by atoms with E-state index >= 15 is 0 Å². The fraction of sp³-hybridized carbons (Fsp3) is 0.958. The molecule has 1 atom stereocenters. The number of hydrogen-bond acceptors (Lipinski definition) is 1. The summed E-state index contributed by atoms with van der Waals surface area (Å²) >= 11 is 0. The summed E-state index contributed by atoms with van der Waals surface area (Å²) in [5, 5.41) is 0. The summed E-state index contributed by atoms with van der Waals surface area (Å²) in [4.78, 5) is 11.8. The zero-order valence-corrected chi connectivity index (χ0v) is 17.9. The minimum atomic E-state index is 0.352. The lowest BCUT2D eigenvalue weighted by molar-refractivity contribution is -0.121. The molecule has 0 fully saturated rings. The van der Waals surface area contributed by atoms with Crippen LogP contribution in [0.3, 0.4) is 0 Å². The summed E-state index contributed by atoms with van der Waals surface area (Å²) in [6, 6.07) is 0. The van der Waals surface area contributed by atoms with E-state index in [1.165, 1.54) is 109 Å². The highest BCUT2D eigenvalue weighted by atomic mass is 16.1. The first-order chi connectivity index (χ1) is 12.2. The van der Waals surface area contributed by atoms with Gasteiger partial charge in [-0.3, -0.25) is 4.79 Å². The maximum Gasteiger partial charge on any atom is 0.132 e. The van der Waals surface area contributed by atoms with Gasteiger partial charge in [-0.15, -0.1) is 0 Å². The summed E-state index contributed by atoms with van der Waals surface area (Å²) in [5.74, 6) is 0.781. The maximum atomic E-state index is 11.8. The van der Waals surface area contributed by atoms with Crippen LogP contribution in [0.4, 0.5) is 0 Å². The average molecular weight is 353 g/mol. The summed E-state index contributed by atoms with van der Waals surface area (Å²) in [7, 11) is 0. The van der Waals surface area contributed by atoms with Gasteiger partial charge < -0.3 is 0 Å². The van der Waals surface area contributed by atoms with Crippen LogP contribution in [0.15, 0.2) is 0 Å². The number of rotatable bonds is 20. The zero-order valence-electron chi connectivity index (χ0n) is 17.9. The Balaban J connectivity index is 3.40. The number of ketones is 1. The van der Waals surface area contributed by atoms with Crippen molar-refractivity contribution in [1.82, 2.24) is 0 Å². The van der Waals surface area contributed by atoms with Crippen LogP contribution in [-0.4, -0.2) is 5.78 Å². The normalized spacial score (nSPS) is 12.4. The smallest absolute Gasteiger partial charge is 0.132 e. The van der Waals surface area contributed by atoms with Crippen molar-refractivity contribution in [2.45, 2.75) is 143 Å². The van der Waals surface area contributed by atoms with E-state index in [9.17, 15) is 4.79 Å². The first kappa shape index (κ1) is 24.7. The van der Waals surface area contributed by atoms with Crippen LogP contribution in [0, 0.1) is 5.92 Å². The van der Waals surface area contributed by atoms with E-state index in [2.05, 4.69) is 13.8 Å². The van der Waals surface area contributed by atoms with Crippen molar-refractivity contribution >= 4 is 5.78 Å². The third-order valence-electron chi connectivity index (χ3n) is 5.64. The van der Waals surface area contributed by atoms with Crippen LogP contribution in [0.2, 0.25) is 0 Å². The molecule has 0 aliphatic rings. The minimum Gasteiger partial charge on any atom is -0.300 e. The minimum absolute atomic E-state index is 0.352. The molecule has 0 aromatic heterocycles. The second-order valence-electron chi connectivity index (χ2n) is 8.19. The molecule has 0 aromatic carbocycles. The molecule has 0 rings (SSSR count). The fourth-order valence-corrected chi connectivity index (χ4v) is 3.78. The van der Waals surface area contributed by atoms with Gasteiger partial charge in [0.25, 0.3) is 0 Å². The summed E-state index contributed by atoms with van der Waals surface area (Å²) in [6.45, 7) is 6.34. The number of unbranched alkanes of at least 4 members (excludes halogenated alkanes) is 15. The first-order valence-electron chi connectivity index (χ1n) is 11.7. The average Bonchev–Trinajstić information content (AvgIpc) is 2.60. The third-order valence-corrected chi connectivity index (χ3v) is 5.64. The Morgan fingerprint density at radius 1 is 0.520 bits per heavy atom. The summed E-state index contributed by atoms with van der Waals surface area (Å²) < 4.78 is 0. The van der Waals surface area contributed by atoms with Crippen LogP contribution >= 0.6 is 0 Å². The van der Waals surface area contributed by atoms with Crippen molar-refractivity contribution in [3.8, 4) is 0 Å². The number of carbonyl (C=O) groups is 1. The van der Waals surface area contributed by atoms with E-state index in [-0.39, 0.29) is 0 Å². The molecule has 1 nitrogen and oxygen atoms in total. The van der Waals surface area contributed by atoms with Gasteiger partial charge in [0.05, 0.1) is 0 Å². The zero-order chi connectivity index (χ0) is 18.6. The Morgan fingerprint density at radius 3 is 1.08 bits per heavy atom. The van der Waals surface area contributed by atoms with Crippen LogP contribution in [0.1, 0.15) is 143 Å². The van der Waals surface area contributed by atoms with Gasteiger partial charge in [-0.25, -0.2) is 0 Å². The Morgan fingerprint density at radius 2 is 0.800 bits per heavy atom. The van der Waals surface area contributed by atoms with Gasteiger partial charge >= 0.3 is 0 Å². The molecular weight excluding hydrogens is 304 g/mol. The van der Waals surface area contributed by atoms with Crippen LogP contribution in [0.5, 0.6) is 0 Å². The van der Waals surface area contributed by atoms with Gasteiger partial charge in [-0.1, -0.05) is 123 Å². The molecule has 0 amide bonds. The fourth-order valence-electron chi connectivity index (χ4n) is 3.78. The van der Waals surface area contributed by atoms with E-state index in [0.29, 0.717) is 11.7 Å². The molecule has 1 unspecified atom stereocenters. The van der Waals surface area contributed by atoms with Gasteiger partial charge in [-0.05, 0) is 19.8 Å². The molecule has 0 radical (unpaired) electrons.